The van der Waals surface area contributed by atoms with Gasteiger partial charge in [0.2, 0.25) is 11.9 Å². The van der Waals surface area contributed by atoms with Crippen LogP contribution in [0.3, 0.4) is 0 Å². The van der Waals surface area contributed by atoms with Crippen molar-refractivity contribution in [2.24, 2.45) is 9.98 Å². The van der Waals surface area contributed by atoms with E-state index in [4.69, 9.17) is 11.8 Å². The average molecular weight is 204 g/mol. The van der Waals surface area contributed by atoms with Gasteiger partial charge in [0, 0.05) is 24.9 Å². The molecule has 0 fully saturated rings. The van der Waals surface area contributed by atoms with Crippen molar-refractivity contribution in [1.82, 2.24) is 15.1 Å². The van der Waals surface area contributed by atoms with Crippen molar-refractivity contribution >= 4 is 23.7 Å². The van der Waals surface area contributed by atoms with Crippen LogP contribution in [0, 0.1) is 0 Å². The molecule has 5 nitrogen and oxygen atoms in total. The summed E-state index contributed by atoms with van der Waals surface area (Å²) in [5, 5.41) is 6.08. The fourth-order valence-electron chi connectivity index (χ4n) is 0.923. The Morgan fingerprint density at radius 3 is 2.69 bits per heavy atom. The molecule has 1 aliphatic heterocycles. The molecule has 0 spiro atoms. The number of aliphatic imine (C=N–C) groups is 2. The SMILES string of the molecule is CCNC1=NCN(Cl)C(NCC)=N1. The molecule has 0 saturated heterocycles. The van der Waals surface area contributed by atoms with Crippen molar-refractivity contribution < 1.29 is 0 Å². The van der Waals surface area contributed by atoms with Crippen LogP contribution in [0.2, 0.25) is 0 Å². The molecule has 0 radical (unpaired) electrons. The first kappa shape index (κ1) is 10.1. The third-order valence-electron chi connectivity index (χ3n) is 1.46. The van der Waals surface area contributed by atoms with Crippen LogP contribution in [0.1, 0.15) is 13.8 Å². The van der Waals surface area contributed by atoms with Crippen molar-refractivity contribution in [3.63, 3.8) is 0 Å². The van der Waals surface area contributed by atoms with Crippen molar-refractivity contribution in [1.29, 1.82) is 0 Å². The third-order valence-corrected chi connectivity index (χ3v) is 1.72. The number of nitrogens with zero attached hydrogens (tertiary/aromatic N) is 3. The summed E-state index contributed by atoms with van der Waals surface area (Å²) in [4.78, 5) is 8.29. The normalized spacial score (nSPS) is 16.4. The molecule has 0 unspecified atom stereocenters. The number of hydrogen-bond donors (Lipinski definition) is 2. The van der Waals surface area contributed by atoms with E-state index in [1.54, 1.807) is 0 Å². The number of nitrogens with one attached hydrogen (secondary N) is 2. The Kier molecular flexibility index (Phi) is 3.82. The van der Waals surface area contributed by atoms with Gasteiger partial charge in [0.25, 0.3) is 0 Å². The molecule has 1 rings (SSSR count). The smallest absolute Gasteiger partial charge is 0.223 e. The van der Waals surface area contributed by atoms with Gasteiger partial charge in [0.05, 0.1) is 0 Å². The first-order valence-electron chi connectivity index (χ1n) is 4.32. The number of rotatable bonds is 2. The topological polar surface area (TPSA) is 52.0 Å². The van der Waals surface area contributed by atoms with Crippen molar-refractivity contribution in [2.75, 3.05) is 19.8 Å². The maximum absolute atomic E-state index is 5.83. The van der Waals surface area contributed by atoms with Crippen LogP contribution in [-0.2, 0) is 0 Å². The van der Waals surface area contributed by atoms with Gasteiger partial charge in [-0.3, -0.25) is 0 Å². The zero-order valence-electron chi connectivity index (χ0n) is 7.84. The minimum absolute atomic E-state index is 0.426. The summed E-state index contributed by atoms with van der Waals surface area (Å²) in [7, 11) is 0. The quantitative estimate of drug-likeness (QED) is 0.637. The number of hydrogen-bond acceptors (Lipinski definition) is 5. The van der Waals surface area contributed by atoms with Crippen LogP contribution in [0.4, 0.5) is 0 Å². The molecular weight excluding hydrogens is 190 g/mol. The first-order valence-corrected chi connectivity index (χ1v) is 4.66. The Hall–Kier alpha value is -0.970. The standard InChI is InChI=1S/C7H14ClN5/c1-3-9-6-11-5-13(8)7(12-6)10-4-2/h3-5H2,1-2H3,(H2,9,10,11,12). The molecule has 0 saturated carbocycles. The molecule has 6 heteroatoms. The summed E-state index contributed by atoms with van der Waals surface area (Å²) in [6, 6.07) is 0. The van der Waals surface area contributed by atoms with Gasteiger partial charge in [-0.2, -0.15) is 4.99 Å². The van der Waals surface area contributed by atoms with Crippen molar-refractivity contribution in [2.45, 2.75) is 13.8 Å². The van der Waals surface area contributed by atoms with Gasteiger partial charge in [-0.1, -0.05) is 0 Å². The van der Waals surface area contributed by atoms with Crippen LogP contribution < -0.4 is 10.6 Å². The van der Waals surface area contributed by atoms with E-state index in [0.717, 1.165) is 13.1 Å². The second kappa shape index (κ2) is 4.91. The van der Waals surface area contributed by atoms with Crippen LogP contribution in [0.15, 0.2) is 9.98 Å². The average Bonchev–Trinajstić information content (AvgIpc) is 2.12. The van der Waals surface area contributed by atoms with E-state index in [9.17, 15) is 0 Å². The largest absolute Gasteiger partial charge is 0.355 e. The minimum Gasteiger partial charge on any atom is -0.355 e. The van der Waals surface area contributed by atoms with Gasteiger partial charge in [0.15, 0.2) is 0 Å². The van der Waals surface area contributed by atoms with E-state index >= 15 is 0 Å². The predicted molar refractivity (Wildman–Crippen MR) is 54.8 cm³/mol. The molecule has 13 heavy (non-hydrogen) atoms. The van der Waals surface area contributed by atoms with Crippen molar-refractivity contribution in [3.05, 3.63) is 0 Å². The molecule has 0 aliphatic carbocycles. The highest BCUT2D eigenvalue weighted by atomic mass is 35.5. The Bertz CT molecular complexity index is 225. The Morgan fingerprint density at radius 2 is 2.08 bits per heavy atom. The first-order chi connectivity index (χ1) is 6.27. The molecule has 0 aromatic carbocycles. The Labute approximate surface area is 83.0 Å². The molecule has 74 valence electrons. The fraction of sp³-hybridized carbons (Fsp3) is 0.714. The van der Waals surface area contributed by atoms with E-state index in [2.05, 4.69) is 20.6 Å². The van der Waals surface area contributed by atoms with E-state index in [-0.39, 0.29) is 0 Å². The van der Waals surface area contributed by atoms with Gasteiger partial charge in [-0.15, -0.1) is 0 Å². The third kappa shape index (κ3) is 2.77. The van der Waals surface area contributed by atoms with E-state index in [1.807, 2.05) is 13.8 Å². The maximum Gasteiger partial charge on any atom is 0.223 e. The minimum atomic E-state index is 0.426. The lowest BCUT2D eigenvalue weighted by Gasteiger charge is -2.21. The van der Waals surface area contributed by atoms with Crippen molar-refractivity contribution in [3.8, 4) is 0 Å². The highest BCUT2D eigenvalue weighted by molar-refractivity contribution is 6.23. The summed E-state index contributed by atoms with van der Waals surface area (Å²) in [6.45, 7) is 6.02. The highest BCUT2D eigenvalue weighted by Crippen LogP contribution is 2.01. The summed E-state index contributed by atoms with van der Waals surface area (Å²) in [5.41, 5.74) is 0. The van der Waals surface area contributed by atoms with E-state index < -0.39 is 0 Å². The Morgan fingerprint density at radius 1 is 1.38 bits per heavy atom. The molecule has 0 bridgehead atoms. The summed E-state index contributed by atoms with van der Waals surface area (Å²) in [6.07, 6.45) is 0. The zero-order chi connectivity index (χ0) is 9.68. The zero-order valence-corrected chi connectivity index (χ0v) is 8.60. The summed E-state index contributed by atoms with van der Waals surface area (Å²) >= 11 is 5.83. The molecule has 1 aliphatic rings. The van der Waals surface area contributed by atoms with Gasteiger partial charge in [0.1, 0.15) is 6.67 Å². The van der Waals surface area contributed by atoms with Gasteiger partial charge >= 0.3 is 0 Å². The maximum atomic E-state index is 5.83. The van der Waals surface area contributed by atoms with Gasteiger partial charge in [-0.05, 0) is 13.8 Å². The van der Waals surface area contributed by atoms with Crippen LogP contribution in [-0.4, -0.2) is 36.1 Å². The van der Waals surface area contributed by atoms with E-state index in [0.29, 0.717) is 18.6 Å². The molecule has 0 aromatic heterocycles. The lowest BCUT2D eigenvalue weighted by molar-refractivity contribution is 0.623. The summed E-state index contributed by atoms with van der Waals surface area (Å²) in [5.74, 6) is 1.28. The van der Waals surface area contributed by atoms with Crippen LogP contribution in [0.5, 0.6) is 0 Å². The molecular formula is C7H14ClN5. The lowest BCUT2D eigenvalue weighted by atomic mass is 10.6. The molecule has 2 N–H and O–H groups in total. The molecule has 0 amide bonds. The molecule has 1 heterocycles. The second-order valence-corrected chi connectivity index (χ2v) is 2.89. The predicted octanol–water partition coefficient (Wildman–Crippen LogP) is 0.344. The lowest BCUT2D eigenvalue weighted by Crippen LogP contribution is -2.41. The fourth-order valence-corrected chi connectivity index (χ4v) is 1.07. The second-order valence-electron chi connectivity index (χ2n) is 2.48. The van der Waals surface area contributed by atoms with Crippen LogP contribution >= 0.6 is 11.8 Å². The van der Waals surface area contributed by atoms with Crippen LogP contribution in [0.25, 0.3) is 0 Å². The highest BCUT2D eigenvalue weighted by Gasteiger charge is 2.13. The number of halogens is 1. The monoisotopic (exact) mass is 203 g/mol. The Balaban J connectivity index is 2.61. The van der Waals surface area contributed by atoms with E-state index in [1.165, 1.54) is 4.42 Å². The molecule has 0 aromatic rings. The van der Waals surface area contributed by atoms with Gasteiger partial charge < -0.3 is 10.6 Å². The van der Waals surface area contributed by atoms with Gasteiger partial charge in [-0.25, -0.2) is 9.41 Å². The molecule has 0 atom stereocenters. The summed E-state index contributed by atoms with van der Waals surface area (Å²) < 4.78 is 1.45. The number of guanidine groups is 2.